The molecule has 4 nitrogen and oxygen atoms in total. The highest BCUT2D eigenvalue weighted by molar-refractivity contribution is 9.10. The van der Waals surface area contributed by atoms with Gasteiger partial charge in [-0.2, -0.15) is 0 Å². The molecule has 5 heteroatoms. The lowest BCUT2D eigenvalue weighted by molar-refractivity contribution is 0.0540. The van der Waals surface area contributed by atoms with Gasteiger partial charge in [0.1, 0.15) is 0 Å². The van der Waals surface area contributed by atoms with Crippen molar-refractivity contribution in [3.63, 3.8) is 0 Å². The van der Waals surface area contributed by atoms with Gasteiger partial charge in [-0.3, -0.25) is 0 Å². The SMILES string of the molecule is C[C@H]1C[C@H]1c1nnc(C2(c3ccc(Br)cc3)CCOCC2)o1. The largest absolute Gasteiger partial charge is 0.424 e. The second kappa shape index (κ2) is 5.46. The van der Waals surface area contributed by atoms with E-state index in [0.29, 0.717) is 11.8 Å². The number of hydrogen-bond donors (Lipinski definition) is 0. The van der Waals surface area contributed by atoms with Gasteiger partial charge in [0.25, 0.3) is 0 Å². The molecule has 4 rings (SSSR count). The molecule has 116 valence electrons. The van der Waals surface area contributed by atoms with E-state index in [1.165, 1.54) is 5.56 Å². The van der Waals surface area contributed by atoms with Crippen molar-refractivity contribution < 1.29 is 9.15 Å². The van der Waals surface area contributed by atoms with Gasteiger partial charge in [-0.15, -0.1) is 10.2 Å². The Labute approximate surface area is 138 Å². The van der Waals surface area contributed by atoms with Gasteiger partial charge in [-0.05, 0) is 42.9 Å². The van der Waals surface area contributed by atoms with E-state index >= 15 is 0 Å². The van der Waals surface area contributed by atoms with Crippen LogP contribution in [0.2, 0.25) is 0 Å². The monoisotopic (exact) mass is 362 g/mol. The fourth-order valence-electron chi connectivity index (χ4n) is 3.36. The summed E-state index contributed by atoms with van der Waals surface area (Å²) < 4.78 is 12.8. The molecule has 1 aromatic heterocycles. The molecule has 0 spiro atoms. The molecule has 22 heavy (non-hydrogen) atoms. The summed E-state index contributed by atoms with van der Waals surface area (Å²) in [6.07, 6.45) is 2.93. The summed E-state index contributed by atoms with van der Waals surface area (Å²) >= 11 is 3.51. The van der Waals surface area contributed by atoms with E-state index in [0.717, 1.165) is 48.7 Å². The molecule has 1 aliphatic heterocycles. The molecule has 1 saturated heterocycles. The summed E-state index contributed by atoms with van der Waals surface area (Å²) in [4.78, 5) is 0. The second-order valence-corrected chi connectivity index (χ2v) is 7.38. The quantitative estimate of drug-likeness (QED) is 0.826. The van der Waals surface area contributed by atoms with Gasteiger partial charge in [-0.25, -0.2) is 0 Å². The third-order valence-electron chi connectivity index (χ3n) is 5.02. The Hall–Kier alpha value is -1.20. The lowest BCUT2D eigenvalue weighted by atomic mass is 9.74. The first-order valence-corrected chi connectivity index (χ1v) is 8.66. The van der Waals surface area contributed by atoms with Crippen LogP contribution in [0.3, 0.4) is 0 Å². The Kier molecular flexibility index (Phi) is 3.57. The number of rotatable bonds is 3. The topological polar surface area (TPSA) is 48.2 Å². The minimum atomic E-state index is -0.206. The van der Waals surface area contributed by atoms with Crippen LogP contribution in [-0.4, -0.2) is 23.4 Å². The second-order valence-electron chi connectivity index (χ2n) is 6.47. The average Bonchev–Trinajstić information content (AvgIpc) is 3.08. The highest BCUT2D eigenvalue weighted by Gasteiger charge is 2.44. The van der Waals surface area contributed by atoms with Gasteiger partial charge in [0.05, 0.1) is 5.41 Å². The zero-order valence-electron chi connectivity index (χ0n) is 12.6. The molecule has 0 radical (unpaired) electrons. The standard InChI is InChI=1S/C17H19BrN2O2/c1-11-10-14(11)15-19-20-16(22-15)17(6-8-21-9-7-17)12-2-4-13(18)5-3-12/h2-5,11,14H,6-10H2,1H3/t11-,14+/m0/s1. The maximum absolute atomic E-state index is 6.12. The average molecular weight is 363 g/mol. The van der Waals surface area contributed by atoms with Crippen molar-refractivity contribution in [2.45, 2.75) is 37.5 Å². The maximum atomic E-state index is 6.12. The minimum absolute atomic E-state index is 0.206. The number of halogens is 1. The zero-order chi connectivity index (χ0) is 15.2. The van der Waals surface area contributed by atoms with Crippen molar-refractivity contribution >= 4 is 15.9 Å². The molecule has 0 amide bonds. The van der Waals surface area contributed by atoms with E-state index in [1.807, 2.05) is 0 Å². The third-order valence-corrected chi connectivity index (χ3v) is 5.55. The summed E-state index contributed by atoms with van der Waals surface area (Å²) in [5.74, 6) is 2.70. The molecule has 2 aliphatic rings. The van der Waals surface area contributed by atoms with Crippen molar-refractivity contribution in [1.82, 2.24) is 10.2 Å². The molecular formula is C17H19BrN2O2. The highest BCUT2D eigenvalue weighted by Crippen LogP contribution is 2.48. The maximum Gasteiger partial charge on any atom is 0.227 e. The number of nitrogens with zero attached hydrogens (tertiary/aromatic N) is 2. The molecule has 1 aliphatic carbocycles. The van der Waals surface area contributed by atoms with Crippen molar-refractivity contribution in [3.8, 4) is 0 Å². The summed E-state index contributed by atoms with van der Waals surface area (Å²) in [5.41, 5.74) is 1.03. The Bertz CT molecular complexity index is 662. The van der Waals surface area contributed by atoms with Gasteiger partial charge in [0.2, 0.25) is 11.8 Å². The molecule has 2 heterocycles. The van der Waals surface area contributed by atoms with Crippen LogP contribution in [0.15, 0.2) is 33.2 Å². The van der Waals surface area contributed by atoms with Crippen molar-refractivity contribution in [3.05, 3.63) is 46.1 Å². The van der Waals surface area contributed by atoms with Crippen molar-refractivity contribution in [2.75, 3.05) is 13.2 Å². The highest BCUT2D eigenvalue weighted by atomic mass is 79.9. The summed E-state index contributed by atoms with van der Waals surface area (Å²) in [6, 6.07) is 8.46. The van der Waals surface area contributed by atoms with E-state index in [2.05, 4.69) is 57.3 Å². The lowest BCUT2D eigenvalue weighted by Gasteiger charge is -2.34. The van der Waals surface area contributed by atoms with E-state index < -0.39 is 0 Å². The molecule has 0 unspecified atom stereocenters. The predicted octanol–water partition coefficient (Wildman–Crippen LogP) is 4.05. The number of ether oxygens (including phenoxy) is 1. The van der Waals surface area contributed by atoms with E-state index in [4.69, 9.17) is 9.15 Å². The first kappa shape index (κ1) is 14.4. The smallest absolute Gasteiger partial charge is 0.227 e. The van der Waals surface area contributed by atoms with Crippen LogP contribution in [-0.2, 0) is 10.2 Å². The van der Waals surface area contributed by atoms with E-state index in [9.17, 15) is 0 Å². The number of hydrogen-bond acceptors (Lipinski definition) is 4. The molecule has 0 N–H and O–H groups in total. The van der Waals surface area contributed by atoms with Crippen molar-refractivity contribution in [1.29, 1.82) is 0 Å². The summed E-state index contributed by atoms with van der Waals surface area (Å²) in [6.45, 7) is 3.69. The third kappa shape index (κ3) is 2.40. The zero-order valence-corrected chi connectivity index (χ0v) is 14.2. The lowest BCUT2D eigenvalue weighted by Crippen LogP contribution is -2.35. The van der Waals surface area contributed by atoms with Crippen LogP contribution in [0.5, 0.6) is 0 Å². The molecule has 2 fully saturated rings. The van der Waals surface area contributed by atoms with E-state index in [1.54, 1.807) is 0 Å². The normalized spacial score (nSPS) is 26.8. The molecule has 1 aromatic carbocycles. The molecule has 2 aromatic rings. The van der Waals surface area contributed by atoms with E-state index in [-0.39, 0.29) is 5.41 Å². The Morgan fingerprint density at radius 3 is 2.45 bits per heavy atom. The Balaban J connectivity index is 1.74. The van der Waals surface area contributed by atoms with Gasteiger partial charge in [0.15, 0.2) is 0 Å². The minimum Gasteiger partial charge on any atom is -0.424 e. The fraction of sp³-hybridized carbons (Fsp3) is 0.529. The first-order valence-electron chi connectivity index (χ1n) is 7.87. The number of aromatic nitrogens is 2. The van der Waals surface area contributed by atoms with Crippen LogP contribution in [0.25, 0.3) is 0 Å². The summed E-state index contributed by atoms with van der Waals surface area (Å²) in [5, 5.41) is 8.75. The van der Waals surface area contributed by atoms with Crippen molar-refractivity contribution in [2.24, 2.45) is 5.92 Å². The van der Waals surface area contributed by atoms with Gasteiger partial charge in [-0.1, -0.05) is 35.0 Å². The number of benzene rings is 1. The molecular weight excluding hydrogens is 344 g/mol. The van der Waals surface area contributed by atoms with Gasteiger partial charge in [0, 0.05) is 23.6 Å². The Morgan fingerprint density at radius 1 is 1.14 bits per heavy atom. The van der Waals surface area contributed by atoms with Crippen LogP contribution < -0.4 is 0 Å². The molecule has 2 atom stereocenters. The van der Waals surface area contributed by atoms with Crippen LogP contribution in [0, 0.1) is 5.92 Å². The van der Waals surface area contributed by atoms with Crippen LogP contribution >= 0.6 is 15.9 Å². The first-order chi connectivity index (χ1) is 10.7. The molecule has 1 saturated carbocycles. The molecule has 0 bridgehead atoms. The predicted molar refractivity (Wildman–Crippen MR) is 85.8 cm³/mol. The Morgan fingerprint density at radius 2 is 1.82 bits per heavy atom. The van der Waals surface area contributed by atoms with Gasteiger partial charge < -0.3 is 9.15 Å². The van der Waals surface area contributed by atoms with Gasteiger partial charge >= 0.3 is 0 Å². The van der Waals surface area contributed by atoms with Crippen LogP contribution in [0.4, 0.5) is 0 Å². The van der Waals surface area contributed by atoms with Crippen LogP contribution in [0.1, 0.15) is 49.4 Å². The fourth-order valence-corrected chi connectivity index (χ4v) is 3.62. The summed E-state index contributed by atoms with van der Waals surface area (Å²) in [7, 11) is 0.